The van der Waals surface area contributed by atoms with E-state index in [1.165, 1.54) is 0 Å². The van der Waals surface area contributed by atoms with Crippen molar-refractivity contribution in [3.63, 3.8) is 0 Å². The Kier molecular flexibility index (Phi) is 6.76. The maximum Gasteiger partial charge on any atom is 0.237 e. The summed E-state index contributed by atoms with van der Waals surface area (Å²) < 4.78 is 11.0. The summed E-state index contributed by atoms with van der Waals surface area (Å²) in [6, 6.07) is -0.451. The van der Waals surface area contributed by atoms with Crippen molar-refractivity contribution >= 4 is 16.7 Å². The van der Waals surface area contributed by atoms with Gasteiger partial charge in [0, 0.05) is 28.9 Å². The highest BCUT2D eigenvalue weighted by Crippen LogP contribution is 2.00. The maximum absolute atomic E-state index is 11.4. The van der Waals surface area contributed by atoms with E-state index in [1.54, 1.807) is 6.26 Å². The van der Waals surface area contributed by atoms with Crippen LogP contribution in [0.25, 0.3) is 0 Å². The number of carbonyl (C=O) groups excluding carboxylic acids is 1. The van der Waals surface area contributed by atoms with Crippen molar-refractivity contribution in [2.45, 2.75) is 38.5 Å². The van der Waals surface area contributed by atoms with Crippen molar-refractivity contribution in [2.24, 2.45) is 11.7 Å². The first-order valence-electron chi connectivity index (χ1n) is 5.21. The number of nitrogens with two attached hydrogens (primary N) is 1. The van der Waals surface area contributed by atoms with E-state index < -0.39 is 16.8 Å². The fourth-order valence-electron chi connectivity index (χ4n) is 0.985. The number of rotatable bonds is 6. The standard InChI is InChI=1S/C10H22N2O2S/c1-7(2)9(11)10(13)12-6-5-8(3)15(4)14/h7-9H,5-6,11H2,1-4H3,(H,12,13)/t8?,9-,15?/m0/s1. The summed E-state index contributed by atoms with van der Waals surface area (Å²) in [5, 5.41) is 2.86. The van der Waals surface area contributed by atoms with Crippen LogP contribution in [0.1, 0.15) is 27.2 Å². The Labute approximate surface area is 94.4 Å². The van der Waals surface area contributed by atoms with Crippen molar-refractivity contribution in [2.75, 3.05) is 12.8 Å². The molecule has 0 heterocycles. The lowest BCUT2D eigenvalue weighted by Crippen LogP contribution is -2.44. The van der Waals surface area contributed by atoms with Crippen LogP contribution in [0.5, 0.6) is 0 Å². The number of hydrogen-bond acceptors (Lipinski definition) is 3. The van der Waals surface area contributed by atoms with Gasteiger partial charge in [-0.1, -0.05) is 20.8 Å². The van der Waals surface area contributed by atoms with E-state index in [2.05, 4.69) is 5.32 Å². The Balaban J connectivity index is 3.78. The molecule has 0 fully saturated rings. The van der Waals surface area contributed by atoms with E-state index in [4.69, 9.17) is 5.73 Å². The summed E-state index contributed by atoms with van der Waals surface area (Å²) in [7, 11) is -0.827. The molecule has 2 unspecified atom stereocenters. The lowest BCUT2D eigenvalue weighted by Gasteiger charge is -2.16. The molecule has 0 aromatic carbocycles. The quantitative estimate of drug-likeness (QED) is 0.691. The molecule has 15 heavy (non-hydrogen) atoms. The van der Waals surface area contributed by atoms with Crippen molar-refractivity contribution in [1.29, 1.82) is 0 Å². The second-order valence-electron chi connectivity index (χ2n) is 4.16. The average Bonchev–Trinajstić information content (AvgIpc) is 2.15. The van der Waals surface area contributed by atoms with Crippen molar-refractivity contribution < 1.29 is 9.00 Å². The van der Waals surface area contributed by atoms with Crippen LogP contribution in [0.15, 0.2) is 0 Å². The van der Waals surface area contributed by atoms with Crippen molar-refractivity contribution in [3.8, 4) is 0 Å². The fourth-order valence-corrected chi connectivity index (χ4v) is 1.43. The molecule has 0 aromatic rings. The van der Waals surface area contributed by atoms with Gasteiger partial charge in [-0.25, -0.2) is 0 Å². The summed E-state index contributed by atoms with van der Waals surface area (Å²) in [6.07, 6.45) is 2.39. The number of hydrogen-bond donors (Lipinski definition) is 2. The predicted octanol–water partition coefficient (Wildman–Crippen LogP) is 0.243. The smallest absolute Gasteiger partial charge is 0.237 e. The van der Waals surface area contributed by atoms with Crippen LogP contribution in [-0.4, -0.2) is 34.2 Å². The highest BCUT2D eigenvalue weighted by atomic mass is 32.2. The van der Waals surface area contributed by atoms with Crippen LogP contribution in [-0.2, 0) is 15.6 Å². The topological polar surface area (TPSA) is 72.2 Å². The van der Waals surface area contributed by atoms with Crippen molar-refractivity contribution in [3.05, 3.63) is 0 Å². The van der Waals surface area contributed by atoms with E-state index >= 15 is 0 Å². The molecule has 0 aliphatic carbocycles. The first-order chi connectivity index (χ1) is 6.86. The van der Waals surface area contributed by atoms with Crippen molar-refractivity contribution in [1.82, 2.24) is 5.32 Å². The summed E-state index contributed by atoms with van der Waals surface area (Å²) in [5.74, 6) is 0.0156. The molecule has 0 aliphatic heterocycles. The molecule has 0 spiro atoms. The van der Waals surface area contributed by atoms with E-state index in [-0.39, 0.29) is 17.1 Å². The molecular weight excluding hydrogens is 212 g/mol. The molecule has 0 radical (unpaired) electrons. The molecule has 90 valence electrons. The molecule has 0 rings (SSSR count). The first-order valence-corrected chi connectivity index (χ1v) is 6.84. The molecule has 4 nitrogen and oxygen atoms in total. The zero-order valence-electron chi connectivity index (χ0n) is 9.95. The number of amides is 1. The summed E-state index contributed by atoms with van der Waals surface area (Å²) in [4.78, 5) is 11.4. The molecule has 0 aromatic heterocycles. The Morgan fingerprint density at radius 3 is 2.33 bits per heavy atom. The lowest BCUT2D eigenvalue weighted by atomic mass is 10.1. The minimum absolute atomic E-state index is 0.112. The minimum Gasteiger partial charge on any atom is -0.355 e. The Hall–Kier alpha value is -0.420. The largest absolute Gasteiger partial charge is 0.355 e. The number of carbonyl (C=O) groups is 1. The highest BCUT2D eigenvalue weighted by Gasteiger charge is 2.16. The van der Waals surface area contributed by atoms with E-state index in [9.17, 15) is 9.00 Å². The molecule has 3 atom stereocenters. The van der Waals surface area contributed by atoms with Gasteiger partial charge in [-0.05, 0) is 12.3 Å². The normalized spacial score (nSPS) is 17.2. The molecule has 5 heteroatoms. The van der Waals surface area contributed by atoms with Gasteiger partial charge in [0.05, 0.1) is 6.04 Å². The minimum atomic E-state index is -0.827. The van der Waals surface area contributed by atoms with Gasteiger partial charge in [0.1, 0.15) is 0 Å². The second kappa shape index (κ2) is 6.95. The molecule has 1 amide bonds. The SMILES string of the molecule is CC(C)[C@H](N)C(=O)NCCC(C)S(C)=O. The van der Waals surface area contributed by atoms with E-state index in [0.717, 1.165) is 6.42 Å². The first kappa shape index (κ1) is 14.6. The van der Waals surface area contributed by atoms with Gasteiger partial charge >= 0.3 is 0 Å². The van der Waals surface area contributed by atoms with Gasteiger partial charge in [-0.2, -0.15) is 0 Å². The van der Waals surface area contributed by atoms with Gasteiger partial charge in [-0.15, -0.1) is 0 Å². The summed E-state index contributed by atoms with van der Waals surface area (Å²) >= 11 is 0. The lowest BCUT2D eigenvalue weighted by molar-refractivity contribution is -0.123. The molecule has 0 bridgehead atoms. The molecule has 0 saturated carbocycles. The van der Waals surface area contributed by atoms with Crippen LogP contribution in [0.3, 0.4) is 0 Å². The third-order valence-corrected chi connectivity index (χ3v) is 3.81. The van der Waals surface area contributed by atoms with E-state index in [0.29, 0.717) is 6.54 Å². The summed E-state index contributed by atoms with van der Waals surface area (Å²) in [5.41, 5.74) is 5.66. The third kappa shape index (κ3) is 5.89. The van der Waals surface area contributed by atoms with Crippen LogP contribution in [0.2, 0.25) is 0 Å². The Bertz CT molecular complexity index is 231. The fraction of sp³-hybridized carbons (Fsp3) is 0.900. The molecule has 0 saturated heterocycles. The molecule has 0 aliphatic rings. The average molecular weight is 234 g/mol. The van der Waals surface area contributed by atoms with Crippen LogP contribution in [0.4, 0.5) is 0 Å². The monoisotopic (exact) mass is 234 g/mol. The Morgan fingerprint density at radius 1 is 1.40 bits per heavy atom. The van der Waals surface area contributed by atoms with Gasteiger partial charge < -0.3 is 11.1 Å². The van der Waals surface area contributed by atoms with E-state index in [1.807, 2.05) is 20.8 Å². The zero-order chi connectivity index (χ0) is 12.0. The molecular formula is C10H22N2O2S. The van der Waals surface area contributed by atoms with Gasteiger partial charge in [-0.3, -0.25) is 9.00 Å². The summed E-state index contributed by atoms with van der Waals surface area (Å²) in [6.45, 7) is 6.27. The third-order valence-electron chi connectivity index (χ3n) is 2.44. The van der Waals surface area contributed by atoms with Crippen LogP contribution >= 0.6 is 0 Å². The Morgan fingerprint density at radius 2 is 1.93 bits per heavy atom. The molecule has 3 N–H and O–H groups in total. The number of nitrogens with one attached hydrogen (secondary N) is 1. The van der Waals surface area contributed by atoms with Crippen LogP contribution in [0, 0.1) is 5.92 Å². The van der Waals surface area contributed by atoms with Crippen LogP contribution < -0.4 is 11.1 Å². The highest BCUT2D eigenvalue weighted by molar-refractivity contribution is 7.84. The van der Waals surface area contributed by atoms with Gasteiger partial charge in [0.15, 0.2) is 0 Å². The van der Waals surface area contributed by atoms with Gasteiger partial charge in [0.2, 0.25) is 5.91 Å². The second-order valence-corrected chi connectivity index (χ2v) is 5.96. The zero-order valence-corrected chi connectivity index (χ0v) is 10.8. The van der Waals surface area contributed by atoms with Gasteiger partial charge in [0.25, 0.3) is 0 Å². The predicted molar refractivity (Wildman–Crippen MR) is 64.0 cm³/mol. The maximum atomic E-state index is 11.4.